The fourth-order valence-corrected chi connectivity index (χ4v) is 2.53. The van der Waals surface area contributed by atoms with E-state index in [1.807, 2.05) is 11.0 Å². The molecular weight excluding hydrogens is 266 g/mol. The Bertz CT molecular complexity index is 463. The van der Waals surface area contributed by atoms with E-state index in [4.69, 9.17) is 0 Å². The van der Waals surface area contributed by atoms with Gasteiger partial charge in [-0.2, -0.15) is 0 Å². The molecule has 0 aliphatic carbocycles. The molecule has 6 nitrogen and oxygen atoms in total. The lowest BCUT2D eigenvalue weighted by atomic mass is 10.1. The van der Waals surface area contributed by atoms with Crippen LogP contribution in [0, 0.1) is 0 Å². The van der Waals surface area contributed by atoms with E-state index in [0.717, 1.165) is 26.1 Å². The molecule has 1 fully saturated rings. The molecule has 1 amide bonds. The summed E-state index contributed by atoms with van der Waals surface area (Å²) in [5, 5.41) is 11.3. The van der Waals surface area contributed by atoms with Crippen LogP contribution in [0.1, 0.15) is 37.7 Å². The number of carbonyl (C=O) groups is 1. The number of anilines is 1. The largest absolute Gasteiger partial charge is 0.369 e. The van der Waals surface area contributed by atoms with Crippen molar-refractivity contribution in [3.8, 4) is 0 Å². The zero-order valence-corrected chi connectivity index (χ0v) is 13.3. The molecule has 0 spiro atoms. The van der Waals surface area contributed by atoms with Crippen LogP contribution in [0.5, 0.6) is 0 Å². The molecule has 1 aromatic heterocycles. The summed E-state index contributed by atoms with van der Waals surface area (Å²) in [5.41, 5.74) is 0.418. The lowest BCUT2D eigenvalue weighted by Crippen LogP contribution is -2.56. The SMILES string of the molecule is CCCNc1ccc(C(=O)N2CC(C)N(C)C(C)C2)nn1. The molecule has 116 valence electrons. The molecule has 2 heterocycles. The van der Waals surface area contributed by atoms with Gasteiger partial charge in [0, 0.05) is 31.7 Å². The maximum atomic E-state index is 12.5. The lowest BCUT2D eigenvalue weighted by Gasteiger charge is -2.42. The average molecular weight is 291 g/mol. The van der Waals surface area contributed by atoms with E-state index < -0.39 is 0 Å². The van der Waals surface area contributed by atoms with Crippen LogP contribution < -0.4 is 5.32 Å². The summed E-state index contributed by atoms with van der Waals surface area (Å²) in [6.07, 6.45) is 1.03. The van der Waals surface area contributed by atoms with Gasteiger partial charge in [-0.3, -0.25) is 9.69 Å². The molecule has 0 saturated carbocycles. The van der Waals surface area contributed by atoms with Gasteiger partial charge < -0.3 is 10.2 Å². The normalized spacial score (nSPS) is 23.1. The minimum Gasteiger partial charge on any atom is -0.369 e. The quantitative estimate of drug-likeness (QED) is 0.910. The number of nitrogens with zero attached hydrogens (tertiary/aromatic N) is 4. The number of carbonyl (C=O) groups excluding carboxylic acids is 1. The Balaban J connectivity index is 2.02. The number of rotatable bonds is 4. The Hall–Kier alpha value is -1.69. The van der Waals surface area contributed by atoms with Crippen molar-refractivity contribution in [1.29, 1.82) is 0 Å². The maximum Gasteiger partial charge on any atom is 0.274 e. The van der Waals surface area contributed by atoms with Crippen LogP contribution in [-0.4, -0.2) is 64.7 Å². The number of nitrogens with one attached hydrogen (secondary N) is 1. The van der Waals surface area contributed by atoms with Gasteiger partial charge in [0.2, 0.25) is 0 Å². The van der Waals surface area contributed by atoms with Gasteiger partial charge in [-0.1, -0.05) is 6.92 Å². The van der Waals surface area contributed by atoms with E-state index in [2.05, 4.69) is 48.2 Å². The average Bonchev–Trinajstić information content (AvgIpc) is 2.50. The fraction of sp³-hybridized carbons (Fsp3) is 0.667. The second-order valence-corrected chi connectivity index (χ2v) is 5.80. The molecule has 21 heavy (non-hydrogen) atoms. The van der Waals surface area contributed by atoms with Crippen LogP contribution in [0.4, 0.5) is 5.82 Å². The fourth-order valence-electron chi connectivity index (χ4n) is 2.53. The van der Waals surface area contributed by atoms with E-state index in [-0.39, 0.29) is 5.91 Å². The molecule has 6 heteroatoms. The summed E-state index contributed by atoms with van der Waals surface area (Å²) in [6.45, 7) is 8.69. The number of aromatic nitrogens is 2. The first-order chi connectivity index (χ1) is 10.0. The number of likely N-dealkylation sites (N-methyl/N-ethyl adjacent to an activating group) is 1. The standard InChI is InChI=1S/C15H25N5O/c1-5-8-16-14-7-6-13(17-18-14)15(21)20-9-11(2)19(4)12(3)10-20/h6-7,11-12H,5,8-10H2,1-4H3,(H,16,18). The van der Waals surface area contributed by atoms with Crippen molar-refractivity contribution >= 4 is 11.7 Å². The number of amides is 1. The van der Waals surface area contributed by atoms with Gasteiger partial charge in [0.1, 0.15) is 5.82 Å². The highest BCUT2D eigenvalue weighted by atomic mass is 16.2. The lowest BCUT2D eigenvalue weighted by molar-refractivity contribution is 0.0408. The molecule has 1 aromatic rings. The van der Waals surface area contributed by atoms with Crippen LogP contribution in [0.3, 0.4) is 0 Å². The zero-order valence-electron chi connectivity index (χ0n) is 13.3. The number of piperazine rings is 1. The predicted molar refractivity (Wildman–Crippen MR) is 83.4 cm³/mol. The molecule has 0 aromatic carbocycles. The highest BCUT2D eigenvalue weighted by Crippen LogP contribution is 2.15. The van der Waals surface area contributed by atoms with Crippen molar-refractivity contribution < 1.29 is 4.79 Å². The van der Waals surface area contributed by atoms with Crippen LogP contribution in [-0.2, 0) is 0 Å². The molecule has 1 N–H and O–H groups in total. The summed E-state index contributed by atoms with van der Waals surface area (Å²) in [4.78, 5) is 16.7. The Morgan fingerprint density at radius 1 is 1.29 bits per heavy atom. The molecule has 1 aliphatic heterocycles. The first-order valence-corrected chi connectivity index (χ1v) is 7.61. The number of hydrogen-bond donors (Lipinski definition) is 1. The van der Waals surface area contributed by atoms with Crippen LogP contribution in [0.25, 0.3) is 0 Å². The topological polar surface area (TPSA) is 61.4 Å². The number of hydrogen-bond acceptors (Lipinski definition) is 5. The smallest absolute Gasteiger partial charge is 0.274 e. The molecule has 1 aliphatic rings. The van der Waals surface area contributed by atoms with Crippen LogP contribution >= 0.6 is 0 Å². The Labute approximate surface area is 126 Å². The summed E-state index contributed by atoms with van der Waals surface area (Å²) >= 11 is 0. The van der Waals surface area contributed by atoms with Gasteiger partial charge >= 0.3 is 0 Å². The van der Waals surface area contributed by atoms with Crippen molar-refractivity contribution in [3.63, 3.8) is 0 Å². The van der Waals surface area contributed by atoms with E-state index >= 15 is 0 Å². The first kappa shape index (κ1) is 15.7. The summed E-state index contributed by atoms with van der Waals surface area (Å²) in [6, 6.07) is 4.28. The van der Waals surface area contributed by atoms with Gasteiger partial charge in [0.15, 0.2) is 5.69 Å². The van der Waals surface area contributed by atoms with Gasteiger partial charge in [0.05, 0.1) is 0 Å². The first-order valence-electron chi connectivity index (χ1n) is 7.61. The monoisotopic (exact) mass is 291 g/mol. The Morgan fingerprint density at radius 2 is 1.95 bits per heavy atom. The third-order valence-electron chi connectivity index (χ3n) is 4.09. The highest BCUT2D eigenvalue weighted by Gasteiger charge is 2.30. The Kier molecular flexibility index (Phi) is 5.12. The third-order valence-corrected chi connectivity index (χ3v) is 4.09. The van der Waals surface area contributed by atoms with Crippen molar-refractivity contribution in [3.05, 3.63) is 17.8 Å². The highest BCUT2D eigenvalue weighted by molar-refractivity contribution is 5.92. The summed E-state index contributed by atoms with van der Waals surface area (Å²) in [7, 11) is 2.10. The molecule has 2 atom stereocenters. The second kappa shape index (κ2) is 6.85. The summed E-state index contributed by atoms with van der Waals surface area (Å²) in [5.74, 6) is 0.685. The van der Waals surface area contributed by atoms with Crippen molar-refractivity contribution in [2.24, 2.45) is 0 Å². The van der Waals surface area contributed by atoms with Crippen molar-refractivity contribution in [2.45, 2.75) is 39.3 Å². The predicted octanol–water partition coefficient (Wildman–Crippen LogP) is 1.46. The molecule has 0 bridgehead atoms. The minimum atomic E-state index is -0.0312. The van der Waals surface area contributed by atoms with Crippen LogP contribution in [0.2, 0.25) is 0 Å². The zero-order chi connectivity index (χ0) is 15.4. The molecule has 0 radical (unpaired) electrons. The molecule has 2 unspecified atom stereocenters. The third kappa shape index (κ3) is 3.69. The van der Waals surface area contributed by atoms with Gasteiger partial charge in [-0.25, -0.2) is 0 Å². The van der Waals surface area contributed by atoms with Crippen molar-refractivity contribution in [2.75, 3.05) is 32.0 Å². The second-order valence-electron chi connectivity index (χ2n) is 5.80. The Morgan fingerprint density at radius 3 is 2.48 bits per heavy atom. The molecule has 2 rings (SSSR count). The van der Waals surface area contributed by atoms with E-state index in [0.29, 0.717) is 23.6 Å². The van der Waals surface area contributed by atoms with E-state index in [9.17, 15) is 4.79 Å². The van der Waals surface area contributed by atoms with Gasteiger partial charge in [-0.05, 0) is 39.4 Å². The minimum absolute atomic E-state index is 0.0312. The molecular formula is C15H25N5O. The van der Waals surface area contributed by atoms with Gasteiger partial charge in [-0.15, -0.1) is 10.2 Å². The van der Waals surface area contributed by atoms with Crippen LogP contribution in [0.15, 0.2) is 12.1 Å². The van der Waals surface area contributed by atoms with Gasteiger partial charge in [0.25, 0.3) is 5.91 Å². The van der Waals surface area contributed by atoms with E-state index in [1.54, 1.807) is 6.07 Å². The maximum absolute atomic E-state index is 12.5. The van der Waals surface area contributed by atoms with E-state index in [1.165, 1.54) is 0 Å². The molecule has 1 saturated heterocycles. The summed E-state index contributed by atoms with van der Waals surface area (Å²) < 4.78 is 0. The van der Waals surface area contributed by atoms with Crippen molar-refractivity contribution in [1.82, 2.24) is 20.0 Å².